The molecule has 0 saturated carbocycles. The van der Waals surface area contributed by atoms with E-state index in [1.807, 2.05) is 0 Å². The fraction of sp³-hybridized carbons (Fsp3) is 0.143. The first-order chi connectivity index (χ1) is 5.90. The Morgan fingerprint density at radius 3 is 2.46 bits per heavy atom. The van der Waals surface area contributed by atoms with Crippen molar-refractivity contribution in [1.82, 2.24) is 0 Å². The number of rotatable bonds is 2. The lowest BCUT2D eigenvalue weighted by molar-refractivity contribution is -0.314. The molecule has 0 aromatic heterocycles. The van der Waals surface area contributed by atoms with Crippen molar-refractivity contribution < 1.29 is 14.4 Å². The molecule has 0 spiro atoms. The Morgan fingerprint density at radius 2 is 1.92 bits per heavy atom. The van der Waals surface area contributed by atoms with Crippen LogP contribution in [0.25, 0.3) is 0 Å². The normalized spacial score (nSPS) is 11.7. The summed E-state index contributed by atoms with van der Waals surface area (Å²) in [5, 5.41) is 0.365. The third kappa shape index (κ3) is 3.29. The molecule has 1 aromatic carbocycles. The van der Waals surface area contributed by atoms with E-state index in [-0.39, 0.29) is 15.6 Å². The number of hydrogen-bond acceptors (Lipinski definition) is 3. The Bertz CT molecular complexity index is 361. The minimum absolute atomic E-state index is 0.121. The van der Waals surface area contributed by atoms with Gasteiger partial charge in [-0.15, -0.1) is 0 Å². The van der Waals surface area contributed by atoms with Crippen LogP contribution in [0.2, 0.25) is 10.0 Å². The second kappa shape index (κ2) is 3.99. The molecular weight excluding hydrogens is 234 g/mol. The van der Waals surface area contributed by atoms with E-state index in [1.54, 1.807) is 6.07 Å². The van der Waals surface area contributed by atoms with Crippen LogP contribution in [0.15, 0.2) is 18.2 Å². The van der Waals surface area contributed by atoms with Crippen molar-refractivity contribution in [3.05, 3.63) is 33.8 Å². The second-order valence-corrected chi connectivity index (χ2v) is 4.81. The summed E-state index contributed by atoms with van der Waals surface area (Å²) in [5.41, 5.74) is 0.238. The van der Waals surface area contributed by atoms with Gasteiger partial charge in [0, 0.05) is 6.16 Å². The quantitative estimate of drug-likeness (QED) is 0.732. The first-order valence-electron chi connectivity index (χ1n) is 3.34. The van der Waals surface area contributed by atoms with Gasteiger partial charge in [-0.1, -0.05) is 42.9 Å². The van der Waals surface area contributed by atoms with E-state index in [2.05, 4.69) is 0 Å². The maximum Gasteiger partial charge on any atom is 0.0628 e. The lowest BCUT2D eigenvalue weighted by atomic mass is 10.2. The summed E-state index contributed by atoms with van der Waals surface area (Å²) in [4.78, 5) is 20.9. The molecule has 0 radical (unpaired) electrons. The molecule has 1 aromatic rings. The van der Waals surface area contributed by atoms with E-state index >= 15 is 0 Å². The maximum atomic E-state index is 10.4. The van der Waals surface area contributed by atoms with Crippen LogP contribution in [0.3, 0.4) is 0 Å². The van der Waals surface area contributed by atoms with Crippen molar-refractivity contribution in [2.45, 2.75) is 6.16 Å². The molecule has 0 bridgehead atoms. The monoisotopic (exact) mass is 238 g/mol. The van der Waals surface area contributed by atoms with E-state index in [9.17, 15) is 14.4 Å². The van der Waals surface area contributed by atoms with Crippen molar-refractivity contribution in [3.8, 4) is 0 Å². The lowest BCUT2D eigenvalue weighted by Gasteiger charge is -2.29. The fourth-order valence-electron chi connectivity index (χ4n) is 0.879. The zero-order chi connectivity index (χ0) is 10.1. The third-order valence-electron chi connectivity index (χ3n) is 1.40. The minimum Gasteiger partial charge on any atom is -0.810 e. The smallest absolute Gasteiger partial charge is 0.0628 e. The first kappa shape index (κ1) is 11.0. The molecule has 0 amide bonds. The van der Waals surface area contributed by atoms with Gasteiger partial charge in [0.15, 0.2) is 0 Å². The topological polar surface area (TPSA) is 63.2 Å². The summed E-state index contributed by atoms with van der Waals surface area (Å²) in [7, 11) is -4.58. The van der Waals surface area contributed by atoms with Gasteiger partial charge in [0.05, 0.1) is 10.0 Å². The van der Waals surface area contributed by atoms with Gasteiger partial charge in [0.25, 0.3) is 0 Å². The molecule has 6 heteroatoms. The molecule has 0 N–H and O–H groups in total. The largest absolute Gasteiger partial charge is 0.810 e. The summed E-state index contributed by atoms with van der Waals surface area (Å²) < 4.78 is 10.4. The Morgan fingerprint density at radius 1 is 1.31 bits per heavy atom. The highest BCUT2D eigenvalue weighted by Gasteiger charge is 2.04. The van der Waals surface area contributed by atoms with Crippen molar-refractivity contribution in [2.75, 3.05) is 0 Å². The van der Waals surface area contributed by atoms with E-state index in [4.69, 9.17) is 23.2 Å². The van der Waals surface area contributed by atoms with Gasteiger partial charge in [-0.05, 0) is 11.6 Å². The number of halogens is 2. The molecule has 0 fully saturated rings. The zero-order valence-corrected chi connectivity index (χ0v) is 8.77. The molecule has 72 valence electrons. The van der Waals surface area contributed by atoms with Crippen LogP contribution in [0.4, 0.5) is 0 Å². The molecule has 0 aliphatic heterocycles. The molecule has 3 nitrogen and oxygen atoms in total. The number of hydrogen-bond donors (Lipinski definition) is 0. The average Bonchev–Trinajstić information content (AvgIpc) is 1.96. The standard InChI is InChI=1S/C7H7Cl2O3P/c8-6-3-1-2-5(7(6)9)4-13(10,11)12/h1-3H,4H2,(H2,10,11,12)/p-2. The highest BCUT2D eigenvalue weighted by atomic mass is 35.5. The third-order valence-corrected chi connectivity index (χ3v) is 2.98. The minimum atomic E-state index is -4.58. The molecule has 0 atom stereocenters. The lowest BCUT2D eigenvalue weighted by Crippen LogP contribution is -2.15. The summed E-state index contributed by atoms with van der Waals surface area (Å²) in [6.07, 6.45) is -0.605. The summed E-state index contributed by atoms with van der Waals surface area (Å²) in [6.45, 7) is 0. The Labute approximate surface area is 85.5 Å². The highest BCUT2D eigenvalue weighted by molar-refractivity contribution is 7.47. The molecule has 0 saturated heterocycles. The molecular formula is C7H5Cl2O3P-2. The van der Waals surface area contributed by atoms with Gasteiger partial charge in [-0.3, -0.25) is 0 Å². The molecule has 0 unspecified atom stereocenters. The van der Waals surface area contributed by atoms with Crippen molar-refractivity contribution in [3.63, 3.8) is 0 Å². The Balaban J connectivity index is 3.03. The summed E-state index contributed by atoms with van der Waals surface area (Å²) in [5.74, 6) is 0. The van der Waals surface area contributed by atoms with Crippen LogP contribution in [0.1, 0.15) is 5.56 Å². The van der Waals surface area contributed by atoms with E-state index in [1.165, 1.54) is 12.1 Å². The molecule has 1 rings (SSSR count). The van der Waals surface area contributed by atoms with Crippen LogP contribution in [0.5, 0.6) is 0 Å². The molecule has 0 aliphatic rings. The van der Waals surface area contributed by atoms with Gasteiger partial charge >= 0.3 is 0 Å². The van der Waals surface area contributed by atoms with Crippen molar-refractivity contribution in [1.29, 1.82) is 0 Å². The van der Waals surface area contributed by atoms with Gasteiger partial charge in [-0.25, -0.2) is 0 Å². The van der Waals surface area contributed by atoms with Crippen molar-refractivity contribution >= 4 is 30.8 Å². The predicted molar refractivity (Wildman–Crippen MR) is 47.8 cm³/mol. The van der Waals surface area contributed by atoms with Gasteiger partial charge < -0.3 is 14.4 Å². The van der Waals surface area contributed by atoms with Gasteiger partial charge in [0.1, 0.15) is 0 Å². The van der Waals surface area contributed by atoms with Crippen LogP contribution >= 0.6 is 30.8 Å². The molecule has 0 heterocycles. The SMILES string of the molecule is O=P([O-])([O-])Cc1cccc(Cl)c1Cl. The maximum absolute atomic E-state index is 10.4. The molecule has 0 aliphatic carbocycles. The van der Waals surface area contributed by atoms with Crippen LogP contribution in [0, 0.1) is 0 Å². The average molecular weight is 239 g/mol. The summed E-state index contributed by atoms with van der Waals surface area (Å²) >= 11 is 11.3. The van der Waals surface area contributed by atoms with Crippen LogP contribution in [-0.2, 0) is 10.7 Å². The zero-order valence-electron chi connectivity index (χ0n) is 6.37. The number of benzene rings is 1. The van der Waals surface area contributed by atoms with Gasteiger partial charge in [0.2, 0.25) is 0 Å². The van der Waals surface area contributed by atoms with Crippen molar-refractivity contribution in [2.24, 2.45) is 0 Å². The summed E-state index contributed by atoms with van der Waals surface area (Å²) in [6, 6.07) is 4.52. The predicted octanol–water partition coefficient (Wildman–Crippen LogP) is 1.41. The van der Waals surface area contributed by atoms with E-state index in [0.29, 0.717) is 0 Å². The van der Waals surface area contributed by atoms with Crippen LogP contribution < -0.4 is 9.79 Å². The Hall–Kier alpha value is -0.0500. The Kier molecular flexibility index (Phi) is 3.38. The highest BCUT2D eigenvalue weighted by Crippen LogP contribution is 2.35. The first-order valence-corrected chi connectivity index (χ1v) is 5.82. The molecule has 13 heavy (non-hydrogen) atoms. The van der Waals surface area contributed by atoms with E-state index < -0.39 is 13.8 Å². The van der Waals surface area contributed by atoms with Crippen LogP contribution in [-0.4, -0.2) is 0 Å². The fourth-order valence-corrected chi connectivity index (χ4v) is 2.04. The second-order valence-electron chi connectivity index (χ2n) is 2.48. The van der Waals surface area contributed by atoms with Gasteiger partial charge in [-0.2, -0.15) is 0 Å². The van der Waals surface area contributed by atoms with E-state index in [0.717, 1.165) is 0 Å².